The van der Waals surface area contributed by atoms with E-state index in [0.29, 0.717) is 0 Å². The van der Waals surface area contributed by atoms with Crippen LogP contribution in [0.3, 0.4) is 0 Å². The first-order valence-electron chi connectivity index (χ1n) is 4.54. The topological polar surface area (TPSA) is 64.9 Å². The molecule has 2 N–H and O–H groups in total. The van der Waals surface area contributed by atoms with Crippen LogP contribution in [0.4, 0.5) is 6.01 Å². The minimum absolute atomic E-state index is 0.169. The van der Waals surface area contributed by atoms with Crippen LogP contribution in [0.25, 0.3) is 0 Å². The van der Waals surface area contributed by atoms with E-state index >= 15 is 0 Å². The summed E-state index contributed by atoms with van der Waals surface area (Å²) in [7, 11) is 0. The van der Waals surface area contributed by atoms with Gasteiger partial charge in [-0.3, -0.25) is 0 Å². The molecule has 5 heteroatoms. The molecule has 72 valence electrons. The van der Waals surface area contributed by atoms with Crippen LogP contribution in [0.1, 0.15) is 31.5 Å². The van der Waals surface area contributed by atoms with E-state index in [-0.39, 0.29) is 6.01 Å². The second kappa shape index (κ2) is 4.00. The van der Waals surface area contributed by atoms with Crippen LogP contribution in [0.2, 0.25) is 0 Å². The van der Waals surface area contributed by atoms with E-state index in [2.05, 4.69) is 14.7 Å². The highest BCUT2D eigenvalue weighted by atomic mass is 32.2. The maximum atomic E-state index is 5.31. The lowest BCUT2D eigenvalue weighted by molar-refractivity contribution is 0.429. The summed E-state index contributed by atoms with van der Waals surface area (Å²) in [4.78, 5) is 3.95. The molecule has 1 aliphatic rings. The monoisotopic (exact) mass is 199 g/mol. The van der Waals surface area contributed by atoms with E-state index in [0.717, 1.165) is 16.8 Å². The lowest BCUT2D eigenvalue weighted by Gasteiger charge is -2.04. The van der Waals surface area contributed by atoms with Crippen molar-refractivity contribution in [2.45, 2.75) is 36.7 Å². The zero-order valence-electron chi connectivity index (χ0n) is 7.40. The van der Waals surface area contributed by atoms with Crippen LogP contribution in [0.5, 0.6) is 0 Å². The van der Waals surface area contributed by atoms with Gasteiger partial charge in [-0.2, -0.15) is 16.7 Å². The number of nitrogens with zero attached hydrogens (tertiary/aromatic N) is 2. The number of aromatic nitrogens is 2. The summed E-state index contributed by atoms with van der Waals surface area (Å²) in [5, 5.41) is 4.54. The molecule has 0 unspecified atom stereocenters. The number of nitrogens with two attached hydrogens (primary N) is 1. The molecular weight excluding hydrogens is 186 g/mol. The van der Waals surface area contributed by atoms with Crippen molar-refractivity contribution in [1.29, 1.82) is 0 Å². The van der Waals surface area contributed by atoms with Crippen molar-refractivity contribution in [2.75, 3.05) is 5.73 Å². The highest BCUT2D eigenvalue weighted by molar-refractivity contribution is 7.99. The third-order valence-electron chi connectivity index (χ3n) is 2.23. The molecule has 13 heavy (non-hydrogen) atoms. The smallest absolute Gasteiger partial charge is 0.318 e. The Hall–Kier alpha value is -0.710. The highest BCUT2D eigenvalue weighted by Gasteiger charge is 2.16. The zero-order chi connectivity index (χ0) is 9.10. The SMILES string of the molecule is Nc1nc(CSC2CCCC2)no1. The molecule has 0 radical (unpaired) electrons. The number of thioether (sulfide) groups is 1. The maximum Gasteiger partial charge on any atom is 0.318 e. The zero-order valence-corrected chi connectivity index (χ0v) is 8.22. The normalized spacial score (nSPS) is 18.2. The van der Waals surface area contributed by atoms with Crippen molar-refractivity contribution in [3.63, 3.8) is 0 Å². The van der Waals surface area contributed by atoms with E-state index in [1.54, 1.807) is 0 Å². The maximum absolute atomic E-state index is 5.31. The van der Waals surface area contributed by atoms with Gasteiger partial charge in [-0.25, -0.2) is 0 Å². The fourth-order valence-corrected chi connectivity index (χ4v) is 2.74. The third kappa shape index (κ3) is 2.37. The van der Waals surface area contributed by atoms with E-state index < -0.39 is 0 Å². The molecule has 0 saturated heterocycles. The number of nitrogen functional groups attached to an aromatic ring is 1. The van der Waals surface area contributed by atoms with Crippen molar-refractivity contribution < 1.29 is 4.52 Å². The largest absolute Gasteiger partial charge is 0.351 e. The fraction of sp³-hybridized carbons (Fsp3) is 0.750. The molecule has 0 bridgehead atoms. The Morgan fingerprint density at radius 1 is 1.46 bits per heavy atom. The van der Waals surface area contributed by atoms with Gasteiger partial charge in [0.1, 0.15) is 0 Å². The third-order valence-corrected chi connectivity index (χ3v) is 3.60. The Kier molecular flexibility index (Phi) is 2.73. The van der Waals surface area contributed by atoms with Gasteiger partial charge in [-0.1, -0.05) is 18.0 Å². The van der Waals surface area contributed by atoms with Crippen molar-refractivity contribution in [2.24, 2.45) is 0 Å². The standard InChI is InChI=1S/C8H13N3OS/c9-8-10-7(11-12-8)5-13-6-3-1-2-4-6/h6H,1-5H2,(H2,9,10,11). The molecule has 2 rings (SSSR count). The Morgan fingerprint density at radius 3 is 2.85 bits per heavy atom. The van der Waals surface area contributed by atoms with Crippen molar-refractivity contribution in [3.05, 3.63) is 5.82 Å². The highest BCUT2D eigenvalue weighted by Crippen LogP contribution is 2.30. The summed E-state index contributed by atoms with van der Waals surface area (Å²) in [5.74, 6) is 1.54. The predicted molar refractivity (Wildman–Crippen MR) is 52.3 cm³/mol. The van der Waals surface area contributed by atoms with Gasteiger partial charge >= 0.3 is 6.01 Å². The molecule has 1 fully saturated rings. The predicted octanol–water partition coefficient (Wildman–Crippen LogP) is 1.83. The molecule has 1 saturated carbocycles. The molecule has 1 aromatic rings. The van der Waals surface area contributed by atoms with E-state index in [9.17, 15) is 0 Å². The fourth-order valence-electron chi connectivity index (χ4n) is 1.57. The number of hydrogen-bond acceptors (Lipinski definition) is 5. The molecule has 0 aromatic carbocycles. The van der Waals surface area contributed by atoms with Gasteiger partial charge in [0, 0.05) is 5.25 Å². The summed E-state index contributed by atoms with van der Waals surface area (Å²) >= 11 is 1.91. The first-order valence-corrected chi connectivity index (χ1v) is 5.59. The number of anilines is 1. The van der Waals surface area contributed by atoms with E-state index in [1.165, 1.54) is 25.7 Å². The Balaban J connectivity index is 1.78. The summed E-state index contributed by atoms with van der Waals surface area (Å²) in [5.41, 5.74) is 5.31. The minimum Gasteiger partial charge on any atom is -0.351 e. The molecule has 0 atom stereocenters. The molecule has 1 aromatic heterocycles. The van der Waals surface area contributed by atoms with E-state index in [4.69, 9.17) is 5.73 Å². The molecule has 0 amide bonds. The molecular formula is C8H13N3OS. The van der Waals surface area contributed by atoms with Crippen LogP contribution in [0.15, 0.2) is 4.52 Å². The summed E-state index contributed by atoms with van der Waals surface area (Å²) in [6, 6.07) is 0.169. The van der Waals surface area contributed by atoms with Crippen LogP contribution in [-0.2, 0) is 5.75 Å². The van der Waals surface area contributed by atoms with Gasteiger partial charge in [-0.05, 0) is 12.8 Å². The molecule has 1 heterocycles. The molecule has 4 nitrogen and oxygen atoms in total. The van der Waals surface area contributed by atoms with Gasteiger partial charge in [-0.15, -0.1) is 0 Å². The van der Waals surface area contributed by atoms with Gasteiger partial charge < -0.3 is 10.3 Å². The average molecular weight is 199 g/mol. The Morgan fingerprint density at radius 2 is 2.23 bits per heavy atom. The van der Waals surface area contributed by atoms with Crippen molar-refractivity contribution >= 4 is 17.8 Å². The first kappa shape index (κ1) is 8.87. The summed E-state index contributed by atoms with van der Waals surface area (Å²) in [6.07, 6.45) is 5.40. The van der Waals surface area contributed by atoms with Crippen molar-refractivity contribution in [3.8, 4) is 0 Å². The molecule has 0 aliphatic heterocycles. The number of hydrogen-bond donors (Lipinski definition) is 1. The van der Waals surface area contributed by atoms with E-state index in [1.807, 2.05) is 11.8 Å². The second-order valence-corrected chi connectivity index (χ2v) is 4.55. The number of rotatable bonds is 3. The Labute approximate surface area is 81.3 Å². The minimum atomic E-state index is 0.169. The lowest BCUT2D eigenvalue weighted by Crippen LogP contribution is -1.96. The van der Waals surface area contributed by atoms with Crippen molar-refractivity contribution in [1.82, 2.24) is 10.1 Å². The summed E-state index contributed by atoms with van der Waals surface area (Å²) in [6.45, 7) is 0. The van der Waals surface area contributed by atoms with Crippen LogP contribution < -0.4 is 5.73 Å². The van der Waals surface area contributed by atoms with Gasteiger partial charge in [0.25, 0.3) is 0 Å². The van der Waals surface area contributed by atoms with Crippen LogP contribution in [0, 0.1) is 0 Å². The molecule has 1 aliphatic carbocycles. The summed E-state index contributed by atoms with van der Waals surface area (Å²) < 4.78 is 4.68. The van der Waals surface area contributed by atoms with Crippen LogP contribution >= 0.6 is 11.8 Å². The van der Waals surface area contributed by atoms with Gasteiger partial charge in [0.05, 0.1) is 5.75 Å². The van der Waals surface area contributed by atoms with Crippen LogP contribution in [-0.4, -0.2) is 15.4 Å². The second-order valence-electron chi connectivity index (χ2n) is 3.27. The Bertz CT molecular complexity index is 270. The lowest BCUT2D eigenvalue weighted by atomic mass is 10.4. The molecule has 0 spiro atoms. The average Bonchev–Trinajstić information content (AvgIpc) is 2.71. The first-order chi connectivity index (χ1) is 6.34. The quantitative estimate of drug-likeness (QED) is 0.804. The van der Waals surface area contributed by atoms with Gasteiger partial charge in [0.15, 0.2) is 5.82 Å². The van der Waals surface area contributed by atoms with Gasteiger partial charge in [0.2, 0.25) is 0 Å².